The van der Waals surface area contributed by atoms with E-state index in [0.29, 0.717) is 43.9 Å². The molecule has 2 fully saturated rings. The maximum absolute atomic E-state index is 13.8. The second-order valence-electron chi connectivity index (χ2n) is 14.7. The molecule has 4 heterocycles. The first-order valence-electron chi connectivity index (χ1n) is 18.8. The van der Waals surface area contributed by atoms with Gasteiger partial charge in [-0.2, -0.15) is 0 Å². The van der Waals surface area contributed by atoms with Crippen LogP contribution in [0.3, 0.4) is 0 Å². The first-order valence-corrected chi connectivity index (χ1v) is 18.8. The first-order chi connectivity index (χ1) is 26.4. The molecule has 0 saturated carbocycles. The van der Waals surface area contributed by atoms with Crippen molar-refractivity contribution in [3.8, 4) is 22.5 Å². The Hall–Kier alpha value is -5.86. The number of amides is 5. The third-order valence-electron chi connectivity index (χ3n) is 10.8. The molecule has 2 aromatic carbocycles. The molecule has 5 N–H and O–H groups in total. The number of carbonyl (C=O) groups is 5. The number of hydrogen-bond donors (Lipinski definition) is 5. The van der Waals surface area contributed by atoms with Crippen LogP contribution in [0.5, 0.6) is 0 Å². The summed E-state index contributed by atoms with van der Waals surface area (Å²) in [6.45, 7) is 8.28. The van der Waals surface area contributed by atoms with Crippen LogP contribution in [0.25, 0.3) is 33.4 Å². The number of ether oxygens (including phenoxy) is 2. The summed E-state index contributed by atoms with van der Waals surface area (Å²) in [5, 5.41) is 9.20. The molecule has 2 aliphatic heterocycles. The number of methoxy groups -OCH3 is 2. The minimum absolute atomic E-state index is 0.154. The number of likely N-dealkylation sites (tertiary alicyclic amines) is 2. The Labute approximate surface area is 319 Å². The second kappa shape index (κ2) is 16.2. The van der Waals surface area contributed by atoms with Gasteiger partial charge in [0, 0.05) is 35.4 Å². The van der Waals surface area contributed by atoms with Gasteiger partial charge in [0.15, 0.2) is 0 Å². The van der Waals surface area contributed by atoms with Gasteiger partial charge in [0.2, 0.25) is 17.7 Å². The number of nitrogens with zero attached hydrogens (tertiary/aromatic N) is 3. The molecule has 55 heavy (non-hydrogen) atoms. The second-order valence-corrected chi connectivity index (χ2v) is 14.7. The van der Waals surface area contributed by atoms with E-state index in [1.54, 1.807) is 22.9 Å². The smallest absolute Gasteiger partial charge is 0.407 e. The summed E-state index contributed by atoms with van der Waals surface area (Å²) < 4.78 is 9.43. The van der Waals surface area contributed by atoms with Crippen LogP contribution in [0, 0.1) is 5.92 Å². The van der Waals surface area contributed by atoms with Crippen molar-refractivity contribution >= 4 is 46.5 Å². The Kier molecular flexibility index (Phi) is 11.5. The fourth-order valence-corrected chi connectivity index (χ4v) is 7.59. The summed E-state index contributed by atoms with van der Waals surface area (Å²) >= 11 is 0. The van der Waals surface area contributed by atoms with Crippen molar-refractivity contribution < 1.29 is 33.4 Å². The highest BCUT2D eigenvalue weighted by Crippen LogP contribution is 2.35. The quantitative estimate of drug-likeness (QED) is 0.128. The van der Waals surface area contributed by atoms with Crippen LogP contribution in [0.4, 0.5) is 15.3 Å². The first kappa shape index (κ1) is 38.9. The fourth-order valence-electron chi connectivity index (χ4n) is 7.59. The number of aromatic nitrogens is 3. The molecule has 0 radical (unpaired) electrons. The molecule has 2 aliphatic rings. The summed E-state index contributed by atoms with van der Waals surface area (Å²) in [6, 6.07) is 14.0. The van der Waals surface area contributed by atoms with Crippen LogP contribution in [-0.4, -0.2) is 99.6 Å². The van der Waals surface area contributed by atoms with E-state index < -0.39 is 29.8 Å². The van der Waals surface area contributed by atoms with Crippen LogP contribution >= 0.6 is 0 Å². The molecule has 15 nitrogen and oxygen atoms in total. The van der Waals surface area contributed by atoms with Gasteiger partial charge < -0.3 is 45.2 Å². The largest absolute Gasteiger partial charge is 0.453 e. The number of hydrogen-bond acceptors (Lipinski definition) is 8. The van der Waals surface area contributed by atoms with Crippen LogP contribution in [0.1, 0.15) is 71.7 Å². The Balaban J connectivity index is 1.13. The van der Waals surface area contributed by atoms with E-state index >= 15 is 0 Å². The van der Waals surface area contributed by atoms with Crippen LogP contribution in [-0.2, 0) is 23.9 Å². The number of benzene rings is 2. The Morgan fingerprint density at radius 1 is 0.891 bits per heavy atom. The van der Waals surface area contributed by atoms with Crippen molar-refractivity contribution in [3.63, 3.8) is 0 Å². The zero-order valence-corrected chi connectivity index (χ0v) is 32.2. The van der Waals surface area contributed by atoms with Crippen molar-refractivity contribution in [2.75, 3.05) is 32.6 Å². The standard InChI is InChI=1S/C40H50N8O7/c1-7-28(45-38(52)54-5)35(49)47-18-8-10-32(47)34-41-22-31(44-34)25-13-11-24(12-14-25)30-21-26-20-27(15-16-29(26)43-30)42-37(51)40(4)17-9-19-48(40)36(50)33(23(2)3)46-39(53)55-6/h11-16,20-23,28,32-33,43H,7-10,17-19H2,1-6H3,(H,41,44)(H,42,51)(H,45,52)(H,46,53). The number of rotatable bonds is 11. The molecular weight excluding hydrogens is 704 g/mol. The highest BCUT2D eigenvalue weighted by atomic mass is 16.5. The van der Waals surface area contributed by atoms with E-state index in [1.165, 1.54) is 14.2 Å². The third kappa shape index (κ3) is 8.01. The van der Waals surface area contributed by atoms with Crippen LogP contribution in [0.15, 0.2) is 54.7 Å². The molecule has 6 rings (SSSR count). The number of anilines is 1. The lowest BCUT2D eigenvalue weighted by Gasteiger charge is -2.37. The van der Waals surface area contributed by atoms with Crippen molar-refractivity contribution in [3.05, 3.63) is 60.6 Å². The normalized spacial score (nSPS) is 19.3. The van der Waals surface area contributed by atoms with Gasteiger partial charge in [-0.3, -0.25) is 14.4 Å². The van der Waals surface area contributed by atoms with Gasteiger partial charge >= 0.3 is 12.2 Å². The topological polar surface area (TPSA) is 191 Å². The van der Waals surface area contributed by atoms with Gasteiger partial charge in [0.25, 0.3) is 0 Å². The molecule has 0 spiro atoms. The number of alkyl carbamates (subject to hydrolysis) is 2. The molecule has 0 aliphatic carbocycles. The van der Waals surface area contributed by atoms with Gasteiger partial charge in [0.1, 0.15) is 23.4 Å². The van der Waals surface area contributed by atoms with Gasteiger partial charge in [-0.25, -0.2) is 14.6 Å². The lowest BCUT2D eigenvalue weighted by molar-refractivity contribution is -0.144. The maximum atomic E-state index is 13.8. The monoisotopic (exact) mass is 754 g/mol. The Morgan fingerprint density at radius 2 is 1.58 bits per heavy atom. The average molecular weight is 755 g/mol. The van der Waals surface area contributed by atoms with Crippen LogP contribution < -0.4 is 16.0 Å². The zero-order valence-electron chi connectivity index (χ0n) is 32.2. The van der Waals surface area contributed by atoms with E-state index in [0.717, 1.165) is 46.3 Å². The third-order valence-corrected chi connectivity index (χ3v) is 10.8. The van der Waals surface area contributed by atoms with Gasteiger partial charge in [-0.1, -0.05) is 45.0 Å². The van der Waals surface area contributed by atoms with E-state index in [9.17, 15) is 24.0 Å². The molecule has 4 aromatic rings. The van der Waals surface area contributed by atoms with Crippen molar-refractivity contribution in [2.24, 2.45) is 5.92 Å². The minimum atomic E-state index is -1.09. The predicted molar refractivity (Wildman–Crippen MR) is 207 cm³/mol. The summed E-state index contributed by atoms with van der Waals surface area (Å²) in [6.07, 6.45) is 3.66. The van der Waals surface area contributed by atoms with Crippen molar-refractivity contribution in [1.29, 1.82) is 0 Å². The molecule has 2 aromatic heterocycles. The number of carbonyl (C=O) groups excluding carboxylic acids is 5. The van der Waals surface area contributed by atoms with Crippen molar-refractivity contribution in [1.82, 2.24) is 35.4 Å². The highest BCUT2D eigenvalue weighted by molar-refractivity contribution is 6.03. The summed E-state index contributed by atoms with van der Waals surface area (Å²) in [4.78, 5) is 79.4. The predicted octanol–water partition coefficient (Wildman–Crippen LogP) is 5.72. The number of H-pyrrole nitrogens is 2. The summed E-state index contributed by atoms with van der Waals surface area (Å²) in [5.41, 5.74) is 4.05. The lowest BCUT2D eigenvalue weighted by atomic mass is 9.95. The van der Waals surface area contributed by atoms with Gasteiger partial charge in [0.05, 0.1) is 32.2 Å². The van der Waals surface area contributed by atoms with E-state index in [1.807, 2.05) is 69.3 Å². The molecule has 15 heteroatoms. The summed E-state index contributed by atoms with van der Waals surface area (Å²) in [5.74, 6) is -0.264. The highest BCUT2D eigenvalue weighted by Gasteiger charge is 2.48. The van der Waals surface area contributed by atoms with Gasteiger partial charge in [-0.05, 0) is 80.3 Å². The fraction of sp³-hybridized carbons (Fsp3) is 0.450. The van der Waals surface area contributed by atoms with Crippen molar-refractivity contribution in [2.45, 2.75) is 83.5 Å². The molecule has 0 bridgehead atoms. The average Bonchev–Trinajstić information content (AvgIpc) is 4.01. The van der Waals surface area contributed by atoms with E-state index in [-0.39, 0.29) is 29.7 Å². The number of fused-ring (bicyclic) bond motifs is 1. The van der Waals surface area contributed by atoms with E-state index in [4.69, 9.17) is 9.47 Å². The van der Waals surface area contributed by atoms with E-state index in [2.05, 4.69) is 30.9 Å². The molecule has 4 unspecified atom stereocenters. The molecular formula is C40H50N8O7. The minimum Gasteiger partial charge on any atom is -0.453 e. The molecule has 2 saturated heterocycles. The van der Waals surface area contributed by atoms with Crippen LogP contribution in [0.2, 0.25) is 0 Å². The summed E-state index contributed by atoms with van der Waals surface area (Å²) in [7, 11) is 2.52. The molecule has 4 atom stereocenters. The maximum Gasteiger partial charge on any atom is 0.407 e. The number of imidazole rings is 1. The Bertz CT molecular complexity index is 2060. The zero-order chi connectivity index (χ0) is 39.4. The molecule has 5 amide bonds. The van der Waals surface area contributed by atoms with Gasteiger partial charge in [-0.15, -0.1) is 0 Å². The number of aromatic amines is 2. The SMILES string of the molecule is CCC(NC(=O)OC)C(=O)N1CCCC1c1ncc(-c2ccc(-c3cc4cc(NC(=O)C5(C)CCCN5C(=O)C(NC(=O)OC)C(C)C)ccc4[nH]3)cc2)[nH]1. The number of nitrogens with one attached hydrogen (secondary N) is 5. The molecule has 292 valence electrons. The Morgan fingerprint density at radius 3 is 2.25 bits per heavy atom. The lowest BCUT2D eigenvalue weighted by Crippen LogP contribution is -2.59.